The molecule has 0 aliphatic heterocycles. The number of hydrogen-bond donors (Lipinski definition) is 3. The van der Waals surface area contributed by atoms with Crippen LogP contribution in [0, 0.1) is 0 Å². The number of halogens is 3. The van der Waals surface area contributed by atoms with Gasteiger partial charge in [-0.3, -0.25) is 9.48 Å². The first-order valence-electron chi connectivity index (χ1n) is 5.53. The second-order valence-corrected chi connectivity index (χ2v) is 4.08. The Labute approximate surface area is 116 Å². The van der Waals surface area contributed by atoms with Crippen LogP contribution in [0.3, 0.4) is 0 Å². The molecule has 3 N–H and O–H groups in total. The molecule has 1 aromatic rings. The fourth-order valence-electron chi connectivity index (χ4n) is 1.51. The molecule has 1 rings (SSSR count). The predicted molar refractivity (Wildman–Crippen MR) is 63.3 cm³/mol. The Balaban J connectivity index is 3.09. The van der Waals surface area contributed by atoms with Gasteiger partial charge in [0, 0.05) is 13.2 Å². The van der Waals surface area contributed by atoms with E-state index in [1.807, 2.05) is 0 Å². The van der Waals surface area contributed by atoms with Crippen LogP contribution in [0.1, 0.15) is 16.1 Å². The Kier molecular flexibility index (Phi) is 4.73. The molecule has 0 fully saturated rings. The van der Waals surface area contributed by atoms with Crippen LogP contribution in [0.5, 0.6) is 0 Å². The van der Waals surface area contributed by atoms with Gasteiger partial charge in [0.2, 0.25) is 0 Å². The molecule has 0 radical (unpaired) electrons. The summed E-state index contributed by atoms with van der Waals surface area (Å²) < 4.78 is 38.9. The molecule has 2 unspecified atom stereocenters. The summed E-state index contributed by atoms with van der Waals surface area (Å²) in [6, 6.07) is -1.82. The molecule has 10 heteroatoms. The number of aliphatic hydroxyl groups excluding tert-OH is 1. The van der Waals surface area contributed by atoms with Crippen molar-refractivity contribution in [2.24, 2.45) is 7.05 Å². The van der Waals surface area contributed by atoms with Gasteiger partial charge in [-0.05, 0) is 0 Å². The SMILES string of the molecule is C=CC(O)C(NC(=O)c1cn(C)nc1C(F)(F)F)C(=O)O. The number of carbonyl (C=O) groups is 2. The summed E-state index contributed by atoms with van der Waals surface area (Å²) in [5, 5.41) is 23.1. The molecular weight excluding hydrogens is 295 g/mol. The van der Waals surface area contributed by atoms with E-state index in [0.717, 1.165) is 17.0 Å². The lowest BCUT2D eigenvalue weighted by molar-refractivity contribution is -0.141. The fraction of sp³-hybridized carbons (Fsp3) is 0.364. The van der Waals surface area contributed by atoms with E-state index >= 15 is 0 Å². The van der Waals surface area contributed by atoms with Gasteiger partial charge in [-0.15, -0.1) is 6.58 Å². The van der Waals surface area contributed by atoms with Crippen LogP contribution in [-0.2, 0) is 18.0 Å². The number of aliphatic carboxylic acids is 1. The van der Waals surface area contributed by atoms with Crippen LogP contribution in [0.2, 0.25) is 0 Å². The third-order valence-corrected chi connectivity index (χ3v) is 2.48. The van der Waals surface area contributed by atoms with Gasteiger partial charge in [0.15, 0.2) is 11.7 Å². The predicted octanol–water partition coefficient (Wildman–Crippen LogP) is 0.169. The highest BCUT2D eigenvalue weighted by molar-refractivity contribution is 5.97. The van der Waals surface area contributed by atoms with Gasteiger partial charge < -0.3 is 15.5 Å². The standard InChI is InChI=1S/C11H12F3N3O4/c1-3-6(18)7(10(20)21)15-9(19)5-4-17(2)16-8(5)11(12,13)14/h3-4,6-7,18H,1H2,2H3,(H,15,19)(H,20,21). The quantitative estimate of drug-likeness (QED) is 0.673. The van der Waals surface area contributed by atoms with E-state index in [1.54, 1.807) is 5.32 Å². The van der Waals surface area contributed by atoms with Gasteiger partial charge in [0.1, 0.15) is 6.10 Å². The molecular formula is C11H12F3N3O4. The topological polar surface area (TPSA) is 104 Å². The number of aryl methyl sites for hydroxylation is 1. The lowest BCUT2D eigenvalue weighted by Gasteiger charge is -2.17. The van der Waals surface area contributed by atoms with Gasteiger partial charge >= 0.3 is 12.1 Å². The third-order valence-electron chi connectivity index (χ3n) is 2.48. The minimum absolute atomic E-state index is 0.775. The Hall–Kier alpha value is -2.36. The zero-order valence-corrected chi connectivity index (χ0v) is 10.8. The number of alkyl halides is 3. The molecule has 1 aromatic heterocycles. The summed E-state index contributed by atoms with van der Waals surface area (Å²) in [6.45, 7) is 3.14. The highest BCUT2D eigenvalue weighted by Crippen LogP contribution is 2.30. The van der Waals surface area contributed by atoms with Crippen LogP contribution in [0.4, 0.5) is 13.2 Å². The zero-order valence-electron chi connectivity index (χ0n) is 10.8. The maximum absolute atomic E-state index is 12.7. The number of amides is 1. The first-order chi connectivity index (χ1) is 9.57. The molecule has 0 saturated carbocycles. The zero-order chi connectivity index (χ0) is 16.4. The van der Waals surface area contributed by atoms with Crippen molar-refractivity contribution in [3.63, 3.8) is 0 Å². The van der Waals surface area contributed by atoms with Crippen LogP contribution in [0.15, 0.2) is 18.9 Å². The van der Waals surface area contributed by atoms with E-state index in [4.69, 9.17) is 5.11 Å². The number of rotatable bonds is 5. The Morgan fingerprint density at radius 2 is 2.10 bits per heavy atom. The van der Waals surface area contributed by atoms with Crippen molar-refractivity contribution in [3.05, 3.63) is 30.1 Å². The molecule has 0 saturated heterocycles. The molecule has 1 heterocycles. The minimum atomic E-state index is -4.87. The lowest BCUT2D eigenvalue weighted by atomic mass is 10.1. The van der Waals surface area contributed by atoms with Crippen molar-refractivity contribution in [2.75, 3.05) is 0 Å². The van der Waals surface area contributed by atoms with Crippen LogP contribution >= 0.6 is 0 Å². The molecule has 21 heavy (non-hydrogen) atoms. The van der Waals surface area contributed by atoms with Crippen molar-refractivity contribution in [1.29, 1.82) is 0 Å². The molecule has 0 bridgehead atoms. The molecule has 0 aromatic carbocycles. The van der Waals surface area contributed by atoms with Gasteiger partial charge in [-0.25, -0.2) is 4.79 Å². The molecule has 0 aliphatic rings. The second kappa shape index (κ2) is 5.95. The summed E-state index contributed by atoms with van der Waals surface area (Å²) in [5.74, 6) is -2.93. The Bertz CT molecular complexity index is 568. The number of aromatic nitrogens is 2. The maximum Gasteiger partial charge on any atom is 0.435 e. The van der Waals surface area contributed by atoms with Crippen molar-refractivity contribution in [3.8, 4) is 0 Å². The summed E-state index contributed by atoms with van der Waals surface area (Å²) in [6.07, 6.45) is -4.88. The highest BCUT2D eigenvalue weighted by Gasteiger charge is 2.40. The third kappa shape index (κ3) is 3.81. The number of carboxylic acids is 1. The molecule has 2 atom stereocenters. The van der Waals surface area contributed by atoms with E-state index in [2.05, 4.69) is 11.7 Å². The van der Waals surface area contributed by atoms with Gasteiger partial charge in [0.05, 0.1) is 5.56 Å². The number of carbonyl (C=O) groups excluding carboxylic acids is 1. The molecule has 7 nitrogen and oxygen atoms in total. The van der Waals surface area contributed by atoms with Crippen molar-refractivity contribution in [2.45, 2.75) is 18.3 Å². The smallest absolute Gasteiger partial charge is 0.435 e. The van der Waals surface area contributed by atoms with Gasteiger partial charge in [-0.1, -0.05) is 6.08 Å². The summed E-state index contributed by atoms with van der Waals surface area (Å²) in [4.78, 5) is 22.7. The maximum atomic E-state index is 12.7. The first kappa shape index (κ1) is 16.7. The van der Waals surface area contributed by atoms with Crippen molar-refractivity contribution in [1.82, 2.24) is 15.1 Å². The Morgan fingerprint density at radius 3 is 2.52 bits per heavy atom. The molecule has 0 spiro atoms. The number of nitrogens with one attached hydrogen (secondary N) is 1. The summed E-state index contributed by atoms with van der Waals surface area (Å²) >= 11 is 0. The van der Waals surface area contributed by atoms with E-state index < -0.39 is 41.5 Å². The second-order valence-electron chi connectivity index (χ2n) is 4.08. The number of carboxylic acid groups (broad SMARTS) is 1. The number of aliphatic hydroxyl groups is 1. The van der Waals surface area contributed by atoms with E-state index in [1.165, 1.54) is 7.05 Å². The molecule has 1 amide bonds. The monoisotopic (exact) mass is 307 g/mol. The van der Waals surface area contributed by atoms with E-state index in [-0.39, 0.29) is 0 Å². The number of nitrogens with zero attached hydrogens (tertiary/aromatic N) is 2. The normalized spacial score (nSPS) is 14.3. The average Bonchev–Trinajstić information content (AvgIpc) is 2.76. The summed E-state index contributed by atoms with van der Waals surface area (Å²) in [7, 11) is 1.18. The molecule has 116 valence electrons. The van der Waals surface area contributed by atoms with Gasteiger partial charge in [-0.2, -0.15) is 18.3 Å². The van der Waals surface area contributed by atoms with Crippen LogP contribution in [-0.4, -0.2) is 44.0 Å². The highest BCUT2D eigenvalue weighted by atomic mass is 19.4. The van der Waals surface area contributed by atoms with Crippen LogP contribution in [0.25, 0.3) is 0 Å². The first-order valence-corrected chi connectivity index (χ1v) is 5.53. The van der Waals surface area contributed by atoms with E-state index in [0.29, 0.717) is 0 Å². The van der Waals surface area contributed by atoms with Crippen molar-refractivity contribution < 1.29 is 33.0 Å². The van der Waals surface area contributed by atoms with Gasteiger partial charge in [0.25, 0.3) is 5.91 Å². The van der Waals surface area contributed by atoms with E-state index in [9.17, 15) is 27.9 Å². The summed E-state index contributed by atoms with van der Waals surface area (Å²) in [5.41, 5.74) is -2.28. The largest absolute Gasteiger partial charge is 0.480 e. The minimum Gasteiger partial charge on any atom is -0.480 e. The molecule has 0 aliphatic carbocycles. The average molecular weight is 307 g/mol. The Morgan fingerprint density at radius 1 is 1.52 bits per heavy atom. The lowest BCUT2D eigenvalue weighted by Crippen LogP contribution is -2.48. The van der Waals surface area contributed by atoms with Crippen molar-refractivity contribution >= 4 is 11.9 Å². The number of hydrogen-bond acceptors (Lipinski definition) is 4. The van der Waals surface area contributed by atoms with Crippen LogP contribution < -0.4 is 5.32 Å². The fourth-order valence-corrected chi connectivity index (χ4v) is 1.51.